The minimum absolute atomic E-state index is 0.0300. The summed E-state index contributed by atoms with van der Waals surface area (Å²) in [7, 11) is 1.65. The Morgan fingerprint density at radius 2 is 1.83 bits per heavy atom. The summed E-state index contributed by atoms with van der Waals surface area (Å²) in [4.78, 5) is 21.6. The number of methoxy groups -OCH3 is 1. The normalized spacial score (nSPS) is 19.3. The Labute approximate surface area is 212 Å². The molecule has 0 bridgehead atoms. The number of carbonyl (C=O) groups excluding carboxylic acids is 1. The summed E-state index contributed by atoms with van der Waals surface area (Å²) in [5, 5.41) is 14.5. The van der Waals surface area contributed by atoms with Crippen LogP contribution in [0.5, 0.6) is 5.75 Å². The zero-order valence-electron chi connectivity index (χ0n) is 20.0. The molecule has 1 aliphatic carbocycles. The van der Waals surface area contributed by atoms with E-state index in [0.717, 1.165) is 54.8 Å². The molecule has 2 aromatic carbocycles. The number of ether oxygens (including phenoxy) is 1. The third-order valence-corrected chi connectivity index (χ3v) is 6.88. The number of thiocarbonyl (C=S) groups is 1. The molecule has 1 aliphatic heterocycles. The summed E-state index contributed by atoms with van der Waals surface area (Å²) < 4.78 is 5.19. The Hall–Kier alpha value is -3.23. The number of aliphatic hydroxyl groups is 1. The van der Waals surface area contributed by atoms with Crippen LogP contribution in [0.2, 0.25) is 0 Å². The summed E-state index contributed by atoms with van der Waals surface area (Å²) in [6, 6.07) is 17.6. The average Bonchev–Trinajstić information content (AvgIpc) is 2.89. The van der Waals surface area contributed by atoms with Crippen molar-refractivity contribution in [2.24, 2.45) is 4.99 Å². The minimum Gasteiger partial charge on any atom is -0.511 e. The van der Waals surface area contributed by atoms with Crippen molar-refractivity contribution in [3.63, 3.8) is 0 Å². The van der Waals surface area contributed by atoms with Gasteiger partial charge in [0.25, 0.3) is 0 Å². The van der Waals surface area contributed by atoms with Crippen molar-refractivity contribution in [2.45, 2.75) is 18.8 Å². The number of anilines is 1. The third kappa shape index (κ3) is 6.68. The minimum atomic E-state index is -0.0437. The van der Waals surface area contributed by atoms with E-state index in [2.05, 4.69) is 20.1 Å². The second kappa shape index (κ2) is 12.0. The van der Waals surface area contributed by atoms with Gasteiger partial charge in [0.1, 0.15) is 11.5 Å². The van der Waals surface area contributed by atoms with E-state index in [0.29, 0.717) is 25.0 Å². The zero-order chi connectivity index (χ0) is 24.6. The molecule has 2 aliphatic rings. The molecule has 1 fully saturated rings. The fourth-order valence-electron chi connectivity index (χ4n) is 4.42. The SMILES string of the molecule is COc1ccc(NC(=S)N2CCN(CCN=CC3=C(O)CC(c4ccccc4)CC3=O)CC2)cc1. The summed E-state index contributed by atoms with van der Waals surface area (Å²) in [6.07, 6.45) is 2.44. The van der Waals surface area contributed by atoms with Gasteiger partial charge in [-0.1, -0.05) is 30.3 Å². The molecule has 35 heavy (non-hydrogen) atoms. The fourth-order valence-corrected chi connectivity index (χ4v) is 4.72. The quantitative estimate of drug-likeness (QED) is 0.446. The molecule has 2 aromatic rings. The van der Waals surface area contributed by atoms with E-state index in [1.54, 1.807) is 13.3 Å². The number of allylic oxidation sites excluding steroid dienone is 2. The highest BCUT2D eigenvalue weighted by molar-refractivity contribution is 7.80. The summed E-state index contributed by atoms with van der Waals surface area (Å²) in [6.45, 7) is 4.86. The Morgan fingerprint density at radius 3 is 2.49 bits per heavy atom. The predicted octanol–water partition coefficient (Wildman–Crippen LogP) is 4.04. The molecule has 1 unspecified atom stereocenters. The van der Waals surface area contributed by atoms with E-state index in [4.69, 9.17) is 17.0 Å². The van der Waals surface area contributed by atoms with Gasteiger partial charge < -0.3 is 20.1 Å². The first kappa shape index (κ1) is 24.9. The van der Waals surface area contributed by atoms with Crippen LogP contribution < -0.4 is 10.1 Å². The van der Waals surface area contributed by atoms with Crippen molar-refractivity contribution in [1.82, 2.24) is 9.80 Å². The lowest BCUT2D eigenvalue weighted by Gasteiger charge is -2.36. The van der Waals surface area contributed by atoms with E-state index in [1.165, 1.54) is 0 Å². The highest BCUT2D eigenvalue weighted by Gasteiger charge is 2.27. The first-order chi connectivity index (χ1) is 17.0. The van der Waals surface area contributed by atoms with Gasteiger partial charge in [-0.15, -0.1) is 0 Å². The number of aliphatic imine (C=N–C) groups is 1. The Kier molecular flexibility index (Phi) is 8.50. The van der Waals surface area contributed by atoms with Crippen molar-refractivity contribution in [3.8, 4) is 5.75 Å². The number of hydrogen-bond donors (Lipinski definition) is 2. The molecule has 1 saturated heterocycles. The Morgan fingerprint density at radius 1 is 1.11 bits per heavy atom. The van der Waals surface area contributed by atoms with E-state index in [-0.39, 0.29) is 17.5 Å². The summed E-state index contributed by atoms with van der Waals surface area (Å²) >= 11 is 5.58. The molecule has 7 nitrogen and oxygen atoms in total. The molecule has 2 N–H and O–H groups in total. The molecule has 1 heterocycles. The monoisotopic (exact) mass is 492 g/mol. The lowest BCUT2D eigenvalue weighted by Crippen LogP contribution is -2.50. The molecule has 0 saturated carbocycles. The van der Waals surface area contributed by atoms with Crippen LogP contribution in [0.3, 0.4) is 0 Å². The van der Waals surface area contributed by atoms with Crippen molar-refractivity contribution in [1.29, 1.82) is 0 Å². The van der Waals surface area contributed by atoms with Crippen LogP contribution in [-0.2, 0) is 4.79 Å². The fraction of sp³-hybridized carbons (Fsp3) is 0.370. The van der Waals surface area contributed by atoms with Crippen molar-refractivity contribution in [3.05, 3.63) is 71.5 Å². The number of Topliss-reactive ketones (excluding diaryl/α,β-unsaturated/α-hetero) is 1. The van der Waals surface area contributed by atoms with Gasteiger partial charge in [0.2, 0.25) is 0 Å². The number of carbonyl (C=O) groups is 1. The van der Waals surface area contributed by atoms with Crippen molar-refractivity contribution in [2.75, 3.05) is 51.7 Å². The number of aliphatic hydroxyl groups excluding tert-OH is 1. The maximum atomic E-state index is 12.6. The van der Waals surface area contributed by atoms with Crippen LogP contribution in [0.15, 0.2) is 70.9 Å². The molecule has 184 valence electrons. The molecular weight excluding hydrogens is 460 g/mol. The average molecular weight is 493 g/mol. The van der Waals surface area contributed by atoms with Gasteiger partial charge in [0, 0.05) is 57.5 Å². The second-order valence-electron chi connectivity index (χ2n) is 8.82. The largest absolute Gasteiger partial charge is 0.511 e. The topological polar surface area (TPSA) is 77.4 Å². The number of rotatable bonds is 7. The summed E-state index contributed by atoms with van der Waals surface area (Å²) in [5.41, 5.74) is 2.38. The molecular formula is C27H32N4O3S. The van der Waals surface area contributed by atoms with Crippen LogP contribution in [0.1, 0.15) is 24.3 Å². The van der Waals surface area contributed by atoms with Gasteiger partial charge >= 0.3 is 0 Å². The predicted molar refractivity (Wildman–Crippen MR) is 144 cm³/mol. The van der Waals surface area contributed by atoms with Crippen molar-refractivity contribution >= 4 is 35.0 Å². The lowest BCUT2D eigenvalue weighted by atomic mass is 9.83. The smallest absolute Gasteiger partial charge is 0.173 e. The van der Waals surface area contributed by atoms with Gasteiger partial charge in [-0.2, -0.15) is 0 Å². The van der Waals surface area contributed by atoms with Gasteiger partial charge in [0.15, 0.2) is 10.9 Å². The van der Waals surface area contributed by atoms with E-state index in [9.17, 15) is 9.90 Å². The molecule has 4 rings (SSSR count). The number of hydrogen-bond acceptors (Lipinski definition) is 6. The third-order valence-electron chi connectivity index (χ3n) is 6.52. The number of nitrogens with zero attached hydrogens (tertiary/aromatic N) is 3. The van der Waals surface area contributed by atoms with Gasteiger partial charge in [-0.3, -0.25) is 14.7 Å². The molecule has 0 spiro atoms. The van der Waals surface area contributed by atoms with Crippen molar-refractivity contribution < 1.29 is 14.6 Å². The van der Waals surface area contributed by atoms with Crippen LogP contribution in [0.25, 0.3) is 0 Å². The lowest BCUT2D eigenvalue weighted by molar-refractivity contribution is -0.116. The van der Waals surface area contributed by atoms with Gasteiger partial charge in [-0.05, 0) is 48.0 Å². The summed E-state index contributed by atoms with van der Waals surface area (Å²) in [5.74, 6) is 0.944. The van der Waals surface area contributed by atoms with E-state index in [1.807, 2.05) is 54.6 Å². The standard InChI is InChI=1S/C27H32N4O3S/c1-34-23-9-7-22(8-10-23)29-27(35)31-15-13-30(14-16-31)12-11-28-19-24-25(32)17-21(18-26(24)33)20-5-3-2-4-6-20/h2-10,19,21,32H,11-18H2,1H3,(H,29,35). The van der Waals surface area contributed by atoms with Crippen LogP contribution >= 0.6 is 12.2 Å². The van der Waals surface area contributed by atoms with Crippen LogP contribution in [0, 0.1) is 0 Å². The Balaban J connectivity index is 1.20. The van der Waals surface area contributed by atoms with Crippen LogP contribution in [-0.4, -0.2) is 78.4 Å². The Bertz CT molecular complexity index is 1080. The molecule has 0 aromatic heterocycles. The molecule has 0 radical (unpaired) electrons. The first-order valence-electron chi connectivity index (χ1n) is 12.0. The van der Waals surface area contributed by atoms with E-state index >= 15 is 0 Å². The van der Waals surface area contributed by atoms with Crippen LogP contribution in [0.4, 0.5) is 5.69 Å². The number of piperazine rings is 1. The van der Waals surface area contributed by atoms with Gasteiger partial charge in [-0.25, -0.2) is 0 Å². The maximum Gasteiger partial charge on any atom is 0.173 e. The van der Waals surface area contributed by atoms with E-state index < -0.39 is 0 Å². The highest BCUT2D eigenvalue weighted by atomic mass is 32.1. The zero-order valence-corrected chi connectivity index (χ0v) is 20.8. The highest BCUT2D eigenvalue weighted by Crippen LogP contribution is 2.32. The molecule has 8 heteroatoms. The first-order valence-corrected chi connectivity index (χ1v) is 12.4. The number of nitrogens with one attached hydrogen (secondary N) is 1. The number of ketones is 1. The number of benzene rings is 2. The maximum absolute atomic E-state index is 12.6. The molecule has 1 atom stereocenters. The van der Waals surface area contributed by atoms with Gasteiger partial charge in [0.05, 0.1) is 19.2 Å². The second-order valence-corrected chi connectivity index (χ2v) is 9.21. The molecule has 0 amide bonds.